The van der Waals surface area contributed by atoms with Gasteiger partial charge in [0.25, 0.3) is 0 Å². The zero-order valence-corrected chi connectivity index (χ0v) is 16.3. The molecule has 0 bridgehead atoms. The van der Waals surface area contributed by atoms with Gasteiger partial charge in [-0.15, -0.1) is 0 Å². The van der Waals surface area contributed by atoms with Crippen molar-refractivity contribution < 1.29 is 9.53 Å². The maximum absolute atomic E-state index is 12.4. The Hall–Kier alpha value is -1.69. The van der Waals surface area contributed by atoms with Crippen LogP contribution in [0, 0.1) is 5.92 Å². The van der Waals surface area contributed by atoms with E-state index < -0.39 is 0 Å². The monoisotopic (exact) mass is 360 g/mol. The number of nitrogens with one attached hydrogen (secondary N) is 1. The first kappa shape index (κ1) is 19.1. The van der Waals surface area contributed by atoms with Crippen LogP contribution in [0.15, 0.2) is 12.4 Å². The van der Waals surface area contributed by atoms with Crippen LogP contribution >= 0.6 is 0 Å². The molecule has 2 heterocycles. The summed E-state index contributed by atoms with van der Waals surface area (Å²) in [4.78, 5) is 23.0. The normalized spacial score (nSPS) is 19.7. The van der Waals surface area contributed by atoms with Gasteiger partial charge in [-0.25, -0.2) is 14.8 Å². The summed E-state index contributed by atoms with van der Waals surface area (Å²) in [5.74, 6) is 1.53. The number of likely N-dealkylation sites (tertiary alicyclic amines) is 1. The summed E-state index contributed by atoms with van der Waals surface area (Å²) in [5.41, 5.74) is 0.547. The number of carbonyl (C=O) groups is 1. The summed E-state index contributed by atoms with van der Waals surface area (Å²) in [6.45, 7) is 8.58. The fourth-order valence-corrected chi connectivity index (χ4v) is 3.66. The number of ether oxygens (including phenoxy) is 1. The summed E-state index contributed by atoms with van der Waals surface area (Å²) in [6.07, 6.45) is 10.8. The molecule has 26 heavy (non-hydrogen) atoms. The lowest BCUT2D eigenvalue weighted by molar-refractivity contribution is -0.00115. The number of hydrogen-bond acceptors (Lipinski definition) is 4. The Morgan fingerprint density at radius 1 is 1.15 bits per heavy atom. The van der Waals surface area contributed by atoms with Gasteiger partial charge >= 0.3 is 6.03 Å². The predicted molar refractivity (Wildman–Crippen MR) is 102 cm³/mol. The third-order valence-electron chi connectivity index (χ3n) is 5.35. The van der Waals surface area contributed by atoms with Crippen LogP contribution in [0.5, 0.6) is 0 Å². The van der Waals surface area contributed by atoms with E-state index in [2.05, 4.69) is 36.1 Å². The number of amides is 2. The SMILES string of the molecule is CC(C)(C)c1ncc(NC(=O)N2CCC(OCC3CCCC3)CC2)cn1. The third kappa shape index (κ3) is 5.16. The second-order valence-electron chi connectivity index (χ2n) is 8.65. The average Bonchev–Trinajstić information content (AvgIpc) is 3.13. The Bertz CT molecular complexity index is 583. The third-order valence-corrected chi connectivity index (χ3v) is 5.35. The van der Waals surface area contributed by atoms with Crippen molar-refractivity contribution in [2.24, 2.45) is 5.92 Å². The van der Waals surface area contributed by atoms with Crippen molar-refractivity contribution in [2.45, 2.75) is 70.8 Å². The minimum Gasteiger partial charge on any atom is -0.378 e. The molecule has 0 aromatic carbocycles. The molecule has 2 fully saturated rings. The number of carbonyl (C=O) groups excluding carboxylic acids is 1. The topological polar surface area (TPSA) is 67.4 Å². The molecule has 1 saturated heterocycles. The summed E-state index contributed by atoms with van der Waals surface area (Å²) in [6, 6.07) is -0.0775. The molecule has 1 aliphatic heterocycles. The molecule has 6 heteroatoms. The lowest BCUT2D eigenvalue weighted by atomic mass is 9.96. The van der Waals surface area contributed by atoms with E-state index in [1.807, 2.05) is 4.90 Å². The van der Waals surface area contributed by atoms with Crippen molar-refractivity contribution in [2.75, 3.05) is 25.0 Å². The van der Waals surface area contributed by atoms with Crippen LogP contribution in [-0.4, -0.2) is 46.7 Å². The van der Waals surface area contributed by atoms with Crippen molar-refractivity contribution >= 4 is 11.7 Å². The molecule has 1 N–H and O–H groups in total. The Morgan fingerprint density at radius 3 is 2.35 bits per heavy atom. The van der Waals surface area contributed by atoms with E-state index in [9.17, 15) is 4.79 Å². The van der Waals surface area contributed by atoms with Crippen LogP contribution in [-0.2, 0) is 10.2 Å². The van der Waals surface area contributed by atoms with Gasteiger partial charge in [-0.3, -0.25) is 0 Å². The van der Waals surface area contributed by atoms with Crippen molar-refractivity contribution in [1.29, 1.82) is 0 Å². The number of aromatic nitrogens is 2. The largest absolute Gasteiger partial charge is 0.378 e. The Balaban J connectivity index is 1.41. The first-order chi connectivity index (χ1) is 12.4. The van der Waals surface area contributed by atoms with Crippen LogP contribution in [0.2, 0.25) is 0 Å². The lowest BCUT2D eigenvalue weighted by Crippen LogP contribution is -2.43. The predicted octanol–water partition coefficient (Wildman–Crippen LogP) is 3.98. The van der Waals surface area contributed by atoms with Gasteiger partial charge in [0, 0.05) is 25.1 Å². The lowest BCUT2D eigenvalue weighted by Gasteiger charge is -2.32. The van der Waals surface area contributed by atoms with Gasteiger partial charge in [0.05, 0.1) is 24.2 Å². The average molecular weight is 361 g/mol. The zero-order valence-electron chi connectivity index (χ0n) is 16.3. The van der Waals surface area contributed by atoms with Gasteiger partial charge in [0.15, 0.2) is 0 Å². The molecule has 0 unspecified atom stereocenters. The van der Waals surface area contributed by atoms with Gasteiger partial charge in [0.2, 0.25) is 0 Å². The van der Waals surface area contributed by atoms with E-state index >= 15 is 0 Å². The second-order valence-corrected chi connectivity index (χ2v) is 8.65. The van der Waals surface area contributed by atoms with Gasteiger partial charge < -0.3 is 15.0 Å². The summed E-state index contributed by atoms with van der Waals surface area (Å²) < 4.78 is 6.08. The molecule has 2 aliphatic rings. The first-order valence-corrected chi connectivity index (χ1v) is 9.92. The fourth-order valence-electron chi connectivity index (χ4n) is 3.66. The van der Waals surface area contributed by atoms with E-state index in [0.717, 1.165) is 44.3 Å². The highest BCUT2D eigenvalue weighted by Gasteiger charge is 2.25. The molecular formula is C20H32N4O2. The minimum atomic E-state index is -0.0943. The maximum Gasteiger partial charge on any atom is 0.321 e. The number of anilines is 1. The van der Waals surface area contributed by atoms with Crippen molar-refractivity contribution in [1.82, 2.24) is 14.9 Å². The summed E-state index contributed by atoms with van der Waals surface area (Å²) in [5, 5.41) is 2.90. The van der Waals surface area contributed by atoms with Crippen molar-refractivity contribution in [3.05, 3.63) is 18.2 Å². The number of rotatable bonds is 4. The van der Waals surface area contributed by atoms with Gasteiger partial charge in [-0.1, -0.05) is 33.6 Å². The first-order valence-electron chi connectivity index (χ1n) is 9.92. The zero-order chi connectivity index (χ0) is 18.6. The van der Waals surface area contributed by atoms with Crippen LogP contribution < -0.4 is 5.32 Å². The summed E-state index contributed by atoms with van der Waals surface area (Å²) in [7, 11) is 0. The van der Waals surface area contributed by atoms with Gasteiger partial charge in [-0.05, 0) is 31.6 Å². The molecule has 1 saturated carbocycles. The molecule has 2 amide bonds. The van der Waals surface area contributed by atoms with Gasteiger partial charge in [-0.2, -0.15) is 0 Å². The van der Waals surface area contributed by atoms with Crippen LogP contribution in [0.4, 0.5) is 10.5 Å². The van der Waals surface area contributed by atoms with Crippen LogP contribution in [0.3, 0.4) is 0 Å². The second kappa shape index (κ2) is 8.33. The molecule has 6 nitrogen and oxygen atoms in total. The smallest absolute Gasteiger partial charge is 0.321 e. The minimum absolute atomic E-state index is 0.0775. The molecule has 0 radical (unpaired) electrons. The molecule has 1 aliphatic carbocycles. The molecule has 0 atom stereocenters. The molecule has 1 aromatic rings. The Morgan fingerprint density at radius 2 is 1.77 bits per heavy atom. The standard InChI is InChI=1S/C20H32N4O2/c1-20(2,3)18-21-12-16(13-22-18)23-19(25)24-10-8-17(9-11-24)26-14-15-6-4-5-7-15/h12-13,15,17H,4-11,14H2,1-3H3,(H,23,25). The molecule has 1 aromatic heterocycles. The summed E-state index contributed by atoms with van der Waals surface area (Å²) >= 11 is 0. The van der Waals surface area contributed by atoms with E-state index in [0.29, 0.717) is 11.8 Å². The Kier molecular flexibility index (Phi) is 6.12. The van der Waals surface area contributed by atoms with E-state index in [1.54, 1.807) is 12.4 Å². The number of hydrogen-bond donors (Lipinski definition) is 1. The van der Waals surface area contributed by atoms with E-state index in [4.69, 9.17) is 4.74 Å². The molecule has 0 spiro atoms. The highest BCUT2D eigenvalue weighted by Crippen LogP contribution is 2.26. The maximum atomic E-state index is 12.4. The number of nitrogens with zero attached hydrogens (tertiary/aromatic N) is 3. The quantitative estimate of drug-likeness (QED) is 0.882. The van der Waals surface area contributed by atoms with Crippen molar-refractivity contribution in [3.8, 4) is 0 Å². The molecule has 144 valence electrons. The highest BCUT2D eigenvalue weighted by atomic mass is 16.5. The van der Waals surface area contributed by atoms with E-state index in [1.165, 1.54) is 25.7 Å². The van der Waals surface area contributed by atoms with Crippen LogP contribution in [0.25, 0.3) is 0 Å². The number of piperidine rings is 1. The molecular weight excluding hydrogens is 328 g/mol. The van der Waals surface area contributed by atoms with Gasteiger partial charge in [0.1, 0.15) is 5.82 Å². The van der Waals surface area contributed by atoms with E-state index in [-0.39, 0.29) is 11.4 Å². The highest BCUT2D eigenvalue weighted by molar-refractivity contribution is 5.89. The number of urea groups is 1. The van der Waals surface area contributed by atoms with Crippen molar-refractivity contribution in [3.63, 3.8) is 0 Å². The van der Waals surface area contributed by atoms with Crippen LogP contribution in [0.1, 0.15) is 65.1 Å². The fraction of sp³-hybridized carbons (Fsp3) is 0.750. The molecule has 3 rings (SSSR count). The Labute approximate surface area is 156 Å².